The smallest absolute Gasteiger partial charge is 0.222 e. The lowest BCUT2D eigenvalue weighted by atomic mass is 9.93. The normalized spacial score (nSPS) is 17.1. The summed E-state index contributed by atoms with van der Waals surface area (Å²) in [5.74, 6) is 2.33. The number of aryl methyl sites for hydroxylation is 2. The van der Waals surface area contributed by atoms with E-state index in [2.05, 4.69) is 22.1 Å². The van der Waals surface area contributed by atoms with Crippen LogP contribution < -0.4 is 5.32 Å². The maximum atomic E-state index is 12.5. The van der Waals surface area contributed by atoms with Gasteiger partial charge in [-0.3, -0.25) is 9.59 Å². The number of nitrogens with zero attached hydrogens (tertiary/aromatic N) is 1. The van der Waals surface area contributed by atoms with Gasteiger partial charge in [0.25, 0.3) is 0 Å². The van der Waals surface area contributed by atoms with Crippen molar-refractivity contribution in [3.05, 3.63) is 46.0 Å². The van der Waals surface area contributed by atoms with Gasteiger partial charge in [-0.25, -0.2) is 0 Å². The van der Waals surface area contributed by atoms with Crippen LogP contribution in [0, 0.1) is 12.8 Å². The van der Waals surface area contributed by atoms with Gasteiger partial charge >= 0.3 is 0 Å². The fraction of sp³-hybridized carbons (Fsp3) is 0.524. The van der Waals surface area contributed by atoms with Crippen LogP contribution in [-0.2, 0) is 22.6 Å². The summed E-state index contributed by atoms with van der Waals surface area (Å²) in [6.45, 7) is 3.96. The van der Waals surface area contributed by atoms with Gasteiger partial charge in [0.05, 0.1) is 6.54 Å². The topological polar surface area (TPSA) is 62.6 Å². The predicted molar refractivity (Wildman–Crippen MR) is 106 cm³/mol. The number of furan rings is 1. The van der Waals surface area contributed by atoms with Crippen LogP contribution in [0.5, 0.6) is 0 Å². The second-order valence-corrected chi connectivity index (χ2v) is 8.09. The standard InChI is InChI=1S/C21H28N2O3S/c1-16-4-7-19(26-16)13-22-20(24)8-5-17-3-2-11-23(14-17)21(25)9-6-18-10-12-27-15-18/h4,7,10,12,15,17H,2-3,5-6,8-9,11,13-14H2,1H3,(H,22,24)/t17-/m1/s1. The summed E-state index contributed by atoms with van der Waals surface area (Å²) in [5, 5.41) is 7.07. The zero-order chi connectivity index (χ0) is 19.1. The Labute approximate surface area is 164 Å². The zero-order valence-corrected chi connectivity index (χ0v) is 16.7. The molecule has 0 aliphatic carbocycles. The number of nitrogens with one attached hydrogen (secondary N) is 1. The van der Waals surface area contributed by atoms with Crippen molar-refractivity contribution in [2.45, 2.75) is 52.0 Å². The number of carbonyl (C=O) groups excluding carboxylic acids is 2. The molecule has 2 aromatic rings. The van der Waals surface area contributed by atoms with E-state index < -0.39 is 0 Å². The first-order valence-electron chi connectivity index (χ1n) is 9.71. The summed E-state index contributed by atoms with van der Waals surface area (Å²) in [6.07, 6.45) is 4.85. The fourth-order valence-electron chi connectivity index (χ4n) is 3.56. The minimum absolute atomic E-state index is 0.0463. The molecule has 2 amide bonds. The number of piperidine rings is 1. The highest BCUT2D eigenvalue weighted by Crippen LogP contribution is 2.22. The van der Waals surface area contributed by atoms with Gasteiger partial charge in [0.2, 0.25) is 11.8 Å². The van der Waals surface area contributed by atoms with Crippen LogP contribution in [0.25, 0.3) is 0 Å². The molecule has 5 nitrogen and oxygen atoms in total. The Morgan fingerprint density at radius 1 is 1.30 bits per heavy atom. The number of likely N-dealkylation sites (tertiary alicyclic amines) is 1. The Morgan fingerprint density at radius 3 is 2.93 bits per heavy atom. The molecule has 0 spiro atoms. The molecule has 0 bridgehead atoms. The van der Waals surface area contributed by atoms with E-state index in [1.807, 2.05) is 24.0 Å². The molecule has 3 heterocycles. The molecule has 2 aromatic heterocycles. The van der Waals surface area contributed by atoms with Crippen molar-refractivity contribution in [3.8, 4) is 0 Å². The highest BCUT2D eigenvalue weighted by Gasteiger charge is 2.23. The van der Waals surface area contributed by atoms with E-state index in [0.29, 0.717) is 25.3 Å². The summed E-state index contributed by atoms with van der Waals surface area (Å²) in [5.41, 5.74) is 1.24. The van der Waals surface area contributed by atoms with Gasteiger partial charge in [0.1, 0.15) is 11.5 Å². The van der Waals surface area contributed by atoms with Crippen molar-refractivity contribution in [1.29, 1.82) is 0 Å². The van der Waals surface area contributed by atoms with E-state index in [1.54, 1.807) is 11.3 Å². The van der Waals surface area contributed by atoms with Crippen LogP contribution in [0.1, 0.15) is 49.2 Å². The average Bonchev–Trinajstić information content (AvgIpc) is 3.34. The summed E-state index contributed by atoms with van der Waals surface area (Å²) < 4.78 is 5.46. The second-order valence-electron chi connectivity index (χ2n) is 7.31. The molecule has 1 atom stereocenters. The van der Waals surface area contributed by atoms with E-state index in [-0.39, 0.29) is 11.8 Å². The molecule has 1 saturated heterocycles. The SMILES string of the molecule is Cc1ccc(CNC(=O)CC[C@H]2CCCN(C(=O)CCc3ccsc3)C2)o1. The maximum absolute atomic E-state index is 12.5. The number of amides is 2. The van der Waals surface area contributed by atoms with Crippen molar-refractivity contribution in [2.75, 3.05) is 13.1 Å². The van der Waals surface area contributed by atoms with Crippen LogP contribution in [-0.4, -0.2) is 29.8 Å². The summed E-state index contributed by atoms with van der Waals surface area (Å²) >= 11 is 1.67. The van der Waals surface area contributed by atoms with Gasteiger partial charge < -0.3 is 14.6 Å². The second kappa shape index (κ2) is 9.74. The molecule has 0 radical (unpaired) electrons. The van der Waals surface area contributed by atoms with E-state index in [9.17, 15) is 9.59 Å². The Balaban J connectivity index is 1.36. The Kier molecular flexibility index (Phi) is 7.10. The zero-order valence-electron chi connectivity index (χ0n) is 15.9. The molecule has 0 unspecified atom stereocenters. The molecule has 1 aliphatic rings. The molecular weight excluding hydrogens is 360 g/mol. The van der Waals surface area contributed by atoms with E-state index in [4.69, 9.17) is 4.42 Å². The quantitative estimate of drug-likeness (QED) is 0.746. The molecular formula is C21H28N2O3S. The van der Waals surface area contributed by atoms with E-state index >= 15 is 0 Å². The largest absolute Gasteiger partial charge is 0.465 e. The Morgan fingerprint density at radius 2 is 2.19 bits per heavy atom. The van der Waals surface area contributed by atoms with Gasteiger partial charge in [-0.1, -0.05) is 0 Å². The highest BCUT2D eigenvalue weighted by molar-refractivity contribution is 7.07. The van der Waals surface area contributed by atoms with Crippen molar-refractivity contribution < 1.29 is 14.0 Å². The lowest BCUT2D eigenvalue weighted by Crippen LogP contribution is -2.40. The lowest BCUT2D eigenvalue weighted by molar-refractivity contribution is -0.133. The third kappa shape index (κ3) is 6.24. The fourth-order valence-corrected chi connectivity index (χ4v) is 4.26. The molecule has 1 aliphatic heterocycles. The minimum Gasteiger partial charge on any atom is -0.465 e. The molecule has 1 N–H and O–H groups in total. The van der Waals surface area contributed by atoms with Gasteiger partial charge in [-0.2, -0.15) is 11.3 Å². The molecule has 27 heavy (non-hydrogen) atoms. The summed E-state index contributed by atoms with van der Waals surface area (Å²) in [4.78, 5) is 26.6. The average molecular weight is 389 g/mol. The minimum atomic E-state index is 0.0463. The molecule has 1 fully saturated rings. The van der Waals surface area contributed by atoms with Crippen molar-refractivity contribution >= 4 is 23.2 Å². The van der Waals surface area contributed by atoms with Gasteiger partial charge in [-0.15, -0.1) is 0 Å². The monoisotopic (exact) mass is 388 g/mol. The molecule has 146 valence electrons. The van der Waals surface area contributed by atoms with Gasteiger partial charge in [-0.05, 0) is 73.0 Å². The number of hydrogen-bond donors (Lipinski definition) is 1. The van der Waals surface area contributed by atoms with Crippen molar-refractivity contribution in [2.24, 2.45) is 5.92 Å². The number of rotatable bonds is 8. The van der Waals surface area contributed by atoms with Gasteiger partial charge in [0.15, 0.2) is 0 Å². The van der Waals surface area contributed by atoms with Crippen LogP contribution in [0.15, 0.2) is 33.4 Å². The predicted octanol–water partition coefficient (Wildman–Crippen LogP) is 3.92. The molecule has 6 heteroatoms. The molecule has 0 saturated carbocycles. The third-order valence-electron chi connectivity index (χ3n) is 5.11. The van der Waals surface area contributed by atoms with Crippen LogP contribution in [0.2, 0.25) is 0 Å². The molecule has 3 rings (SSSR count). The number of thiophene rings is 1. The summed E-state index contributed by atoms with van der Waals surface area (Å²) in [7, 11) is 0. The summed E-state index contributed by atoms with van der Waals surface area (Å²) in [6, 6.07) is 5.86. The highest BCUT2D eigenvalue weighted by atomic mass is 32.1. The van der Waals surface area contributed by atoms with Crippen molar-refractivity contribution in [3.63, 3.8) is 0 Å². The first-order chi connectivity index (χ1) is 13.1. The van der Waals surface area contributed by atoms with E-state index in [0.717, 1.165) is 50.3 Å². The third-order valence-corrected chi connectivity index (χ3v) is 5.85. The first-order valence-corrected chi connectivity index (χ1v) is 10.7. The van der Waals surface area contributed by atoms with Gasteiger partial charge in [0, 0.05) is 25.9 Å². The number of carbonyl (C=O) groups is 2. The van der Waals surface area contributed by atoms with E-state index in [1.165, 1.54) is 5.56 Å². The molecule has 0 aromatic carbocycles. The maximum Gasteiger partial charge on any atom is 0.222 e. The Hall–Kier alpha value is -2.08. The van der Waals surface area contributed by atoms with Crippen LogP contribution in [0.3, 0.4) is 0 Å². The Bertz CT molecular complexity index is 738. The first kappa shape index (κ1) is 19.7. The van der Waals surface area contributed by atoms with Crippen molar-refractivity contribution in [1.82, 2.24) is 10.2 Å². The van der Waals surface area contributed by atoms with Crippen LogP contribution >= 0.6 is 11.3 Å². The number of hydrogen-bond acceptors (Lipinski definition) is 4. The van der Waals surface area contributed by atoms with Crippen LogP contribution in [0.4, 0.5) is 0 Å². The lowest BCUT2D eigenvalue weighted by Gasteiger charge is -2.33.